The van der Waals surface area contributed by atoms with E-state index < -0.39 is 17.9 Å². The molecule has 0 radical (unpaired) electrons. The molecule has 1 aliphatic heterocycles. The minimum atomic E-state index is -1.11. The number of rotatable bonds is 4. The predicted molar refractivity (Wildman–Crippen MR) is 89.6 cm³/mol. The Hall–Kier alpha value is -3.16. The van der Waals surface area contributed by atoms with Crippen LogP contribution in [0, 0.1) is 6.92 Å². The second kappa shape index (κ2) is 6.39. The molecule has 0 aliphatic carbocycles. The fraction of sp³-hybridized carbons (Fsp3) is 0.294. The lowest BCUT2D eigenvalue weighted by Gasteiger charge is -2.17. The number of aromatic carboxylic acids is 1. The summed E-state index contributed by atoms with van der Waals surface area (Å²) in [7, 11) is 1.76. The predicted octanol–water partition coefficient (Wildman–Crippen LogP) is 0.962. The summed E-state index contributed by atoms with van der Waals surface area (Å²) in [5.74, 6) is -1.09. The molecule has 2 heterocycles. The van der Waals surface area contributed by atoms with Crippen LogP contribution in [0.2, 0.25) is 0 Å². The molecule has 25 heavy (non-hydrogen) atoms. The molecule has 1 unspecified atom stereocenters. The highest BCUT2D eigenvalue weighted by Crippen LogP contribution is 2.22. The molecule has 2 N–H and O–H groups in total. The Labute approximate surface area is 144 Å². The normalized spacial score (nSPS) is 17.0. The van der Waals surface area contributed by atoms with Crippen LogP contribution in [-0.2, 0) is 11.8 Å². The van der Waals surface area contributed by atoms with E-state index in [0.29, 0.717) is 18.8 Å². The van der Waals surface area contributed by atoms with Gasteiger partial charge in [0.2, 0.25) is 0 Å². The van der Waals surface area contributed by atoms with Gasteiger partial charge in [-0.25, -0.2) is 4.79 Å². The Morgan fingerprint density at radius 3 is 2.64 bits per heavy atom. The lowest BCUT2D eigenvalue weighted by molar-refractivity contribution is -0.118. The van der Waals surface area contributed by atoms with Crippen LogP contribution in [0.4, 0.5) is 5.82 Å². The van der Waals surface area contributed by atoms with Crippen molar-refractivity contribution in [2.45, 2.75) is 19.4 Å². The zero-order valence-electron chi connectivity index (χ0n) is 13.9. The van der Waals surface area contributed by atoms with Crippen molar-refractivity contribution < 1.29 is 19.5 Å². The van der Waals surface area contributed by atoms with E-state index in [1.165, 1.54) is 24.3 Å². The SMILES string of the molecule is Cc1cc(N2CCC(NC(=O)c3cccc(C(=O)O)c3)C2=O)n(C)n1. The Morgan fingerprint density at radius 1 is 1.28 bits per heavy atom. The number of carboxylic acids is 1. The van der Waals surface area contributed by atoms with Crippen molar-refractivity contribution >= 4 is 23.6 Å². The molecule has 2 aromatic rings. The van der Waals surface area contributed by atoms with Gasteiger partial charge in [-0.3, -0.25) is 19.2 Å². The van der Waals surface area contributed by atoms with Crippen molar-refractivity contribution in [1.82, 2.24) is 15.1 Å². The minimum Gasteiger partial charge on any atom is -0.478 e. The molecule has 130 valence electrons. The summed E-state index contributed by atoms with van der Waals surface area (Å²) in [5.41, 5.74) is 1.04. The minimum absolute atomic E-state index is 0.0254. The third-order valence-electron chi connectivity index (χ3n) is 4.14. The van der Waals surface area contributed by atoms with E-state index in [1.807, 2.05) is 13.0 Å². The third kappa shape index (κ3) is 3.23. The molecule has 2 amide bonds. The van der Waals surface area contributed by atoms with Crippen molar-refractivity contribution in [3.8, 4) is 0 Å². The molecular formula is C17H18N4O4. The molecule has 1 aliphatic rings. The number of anilines is 1. The van der Waals surface area contributed by atoms with Crippen LogP contribution in [0.1, 0.15) is 32.8 Å². The molecule has 1 saturated heterocycles. The van der Waals surface area contributed by atoms with Gasteiger partial charge in [-0.1, -0.05) is 6.07 Å². The maximum Gasteiger partial charge on any atom is 0.335 e. The van der Waals surface area contributed by atoms with Gasteiger partial charge in [-0.15, -0.1) is 0 Å². The second-order valence-corrected chi connectivity index (χ2v) is 5.96. The van der Waals surface area contributed by atoms with Crippen molar-refractivity contribution in [2.75, 3.05) is 11.4 Å². The van der Waals surface area contributed by atoms with E-state index in [2.05, 4.69) is 10.4 Å². The zero-order chi connectivity index (χ0) is 18.1. The quantitative estimate of drug-likeness (QED) is 0.861. The summed E-state index contributed by atoms with van der Waals surface area (Å²) in [6.45, 7) is 2.33. The van der Waals surface area contributed by atoms with E-state index >= 15 is 0 Å². The summed E-state index contributed by atoms with van der Waals surface area (Å²) in [4.78, 5) is 37.5. The fourth-order valence-corrected chi connectivity index (χ4v) is 2.93. The molecule has 1 aromatic carbocycles. The van der Waals surface area contributed by atoms with Gasteiger partial charge in [0, 0.05) is 25.2 Å². The first-order valence-electron chi connectivity index (χ1n) is 7.83. The Kier molecular flexibility index (Phi) is 4.26. The monoisotopic (exact) mass is 342 g/mol. The number of aryl methyl sites for hydroxylation is 2. The maximum absolute atomic E-state index is 12.6. The highest BCUT2D eigenvalue weighted by Gasteiger charge is 2.35. The molecule has 8 heteroatoms. The number of amides is 2. The van der Waals surface area contributed by atoms with Gasteiger partial charge in [0.15, 0.2) is 0 Å². The summed E-state index contributed by atoms with van der Waals surface area (Å²) >= 11 is 0. The molecule has 3 rings (SSSR count). The summed E-state index contributed by atoms with van der Waals surface area (Å²) < 4.78 is 1.63. The molecular weight excluding hydrogens is 324 g/mol. The van der Waals surface area contributed by atoms with Crippen LogP contribution in [-0.4, -0.2) is 45.3 Å². The van der Waals surface area contributed by atoms with Gasteiger partial charge >= 0.3 is 5.97 Å². The Bertz CT molecular complexity index is 858. The van der Waals surface area contributed by atoms with Gasteiger partial charge in [-0.2, -0.15) is 5.10 Å². The van der Waals surface area contributed by atoms with Crippen molar-refractivity contribution in [3.63, 3.8) is 0 Å². The van der Waals surface area contributed by atoms with E-state index in [4.69, 9.17) is 5.11 Å². The Morgan fingerprint density at radius 2 is 2.00 bits per heavy atom. The second-order valence-electron chi connectivity index (χ2n) is 5.96. The molecule has 1 aromatic heterocycles. The number of nitrogens with zero attached hydrogens (tertiary/aromatic N) is 3. The smallest absolute Gasteiger partial charge is 0.335 e. The molecule has 0 spiro atoms. The van der Waals surface area contributed by atoms with Gasteiger partial charge in [0.1, 0.15) is 11.9 Å². The largest absolute Gasteiger partial charge is 0.478 e. The number of carbonyl (C=O) groups is 3. The average molecular weight is 342 g/mol. The highest BCUT2D eigenvalue weighted by atomic mass is 16.4. The van der Waals surface area contributed by atoms with Crippen LogP contribution in [0.5, 0.6) is 0 Å². The average Bonchev–Trinajstić information content (AvgIpc) is 3.09. The first kappa shape index (κ1) is 16.7. The molecule has 8 nitrogen and oxygen atoms in total. The van der Waals surface area contributed by atoms with Crippen molar-refractivity contribution in [3.05, 3.63) is 47.2 Å². The number of carbonyl (C=O) groups excluding carboxylic acids is 2. The van der Waals surface area contributed by atoms with E-state index in [9.17, 15) is 14.4 Å². The molecule has 0 saturated carbocycles. The number of nitrogens with one attached hydrogen (secondary N) is 1. The van der Waals surface area contributed by atoms with Crippen LogP contribution < -0.4 is 10.2 Å². The molecule has 1 fully saturated rings. The van der Waals surface area contributed by atoms with E-state index in [-0.39, 0.29) is 17.0 Å². The highest BCUT2D eigenvalue weighted by molar-refractivity contribution is 6.04. The standard InChI is InChI=1S/C17H18N4O4/c1-10-8-14(20(2)19-10)21-7-6-13(16(21)23)18-15(22)11-4-3-5-12(9-11)17(24)25/h3-5,8-9,13H,6-7H2,1-2H3,(H,18,22)(H,24,25). The maximum atomic E-state index is 12.6. The lowest BCUT2D eigenvalue weighted by atomic mass is 10.1. The zero-order valence-corrected chi connectivity index (χ0v) is 13.9. The number of hydrogen-bond donors (Lipinski definition) is 2. The Balaban J connectivity index is 1.73. The van der Waals surface area contributed by atoms with Crippen LogP contribution in [0.15, 0.2) is 30.3 Å². The number of aromatic nitrogens is 2. The number of benzene rings is 1. The number of hydrogen-bond acceptors (Lipinski definition) is 4. The van der Waals surface area contributed by atoms with Gasteiger partial charge in [0.05, 0.1) is 11.3 Å². The summed E-state index contributed by atoms with van der Waals surface area (Å²) in [6, 6.07) is 6.89. The fourth-order valence-electron chi connectivity index (χ4n) is 2.93. The van der Waals surface area contributed by atoms with E-state index in [1.54, 1.807) is 16.6 Å². The first-order valence-corrected chi connectivity index (χ1v) is 7.83. The van der Waals surface area contributed by atoms with E-state index in [0.717, 1.165) is 5.69 Å². The van der Waals surface area contributed by atoms with Gasteiger partial charge < -0.3 is 10.4 Å². The van der Waals surface area contributed by atoms with Gasteiger partial charge in [-0.05, 0) is 31.5 Å². The first-order chi connectivity index (χ1) is 11.9. The molecule has 1 atom stereocenters. The molecule has 0 bridgehead atoms. The van der Waals surface area contributed by atoms with Crippen molar-refractivity contribution in [1.29, 1.82) is 0 Å². The topological polar surface area (TPSA) is 105 Å². The third-order valence-corrected chi connectivity index (χ3v) is 4.14. The van der Waals surface area contributed by atoms with Crippen LogP contribution in [0.3, 0.4) is 0 Å². The summed E-state index contributed by atoms with van der Waals surface area (Å²) in [6.07, 6.45) is 0.480. The van der Waals surface area contributed by atoms with Crippen LogP contribution in [0.25, 0.3) is 0 Å². The summed E-state index contributed by atoms with van der Waals surface area (Å²) in [5, 5.41) is 15.9. The van der Waals surface area contributed by atoms with Crippen molar-refractivity contribution in [2.24, 2.45) is 7.05 Å². The van der Waals surface area contributed by atoms with Crippen LogP contribution >= 0.6 is 0 Å². The van der Waals surface area contributed by atoms with Gasteiger partial charge in [0.25, 0.3) is 11.8 Å². The lowest BCUT2D eigenvalue weighted by Crippen LogP contribution is -2.42. The number of carboxylic acid groups (broad SMARTS) is 1.